The third-order valence-electron chi connectivity index (χ3n) is 4.72. The van der Waals surface area contributed by atoms with E-state index in [1.54, 1.807) is 34.8 Å². The highest BCUT2D eigenvalue weighted by molar-refractivity contribution is 6.05. The van der Waals surface area contributed by atoms with Crippen molar-refractivity contribution in [1.29, 1.82) is 0 Å². The monoisotopic (exact) mass is 383 g/mol. The van der Waals surface area contributed by atoms with Crippen molar-refractivity contribution < 1.29 is 13.9 Å². The van der Waals surface area contributed by atoms with Crippen molar-refractivity contribution in [1.82, 2.24) is 14.7 Å². The summed E-state index contributed by atoms with van der Waals surface area (Å²) < 4.78 is 12.7. The number of hydrogen-bond donors (Lipinski definition) is 0. The van der Waals surface area contributed by atoms with Crippen molar-refractivity contribution in [3.63, 3.8) is 0 Å². The predicted molar refractivity (Wildman–Crippen MR) is 107 cm³/mol. The van der Waals surface area contributed by atoms with E-state index >= 15 is 0 Å². The van der Waals surface area contributed by atoms with E-state index in [4.69, 9.17) is 9.15 Å². The smallest absolute Gasteiger partial charge is 0.337 e. The second-order valence-electron chi connectivity index (χ2n) is 7.24. The summed E-state index contributed by atoms with van der Waals surface area (Å²) in [6.45, 7) is 8.12. The van der Waals surface area contributed by atoms with Gasteiger partial charge >= 0.3 is 5.63 Å². The fourth-order valence-corrected chi connectivity index (χ4v) is 3.23. The zero-order chi connectivity index (χ0) is 20.6. The Balaban J connectivity index is 1.97. The van der Waals surface area contributed by atoms with Gasteiger partial charge < -0.3 is 14.1 Å². The number of carbonyl (C=O) groups is 1. The number of hydrogen-bond acceptors (Lipinski definition) is 5. The Morgan fingerprint density at radius 3 is 2.61 bits per heavy atom. The quantitative estimate of drug-likeness (QED) is 0.632. The van der Waals surface area contributed by atoms with Gasteiger partial charge in [-0.1, -0.05) is 0 Å². The number of benzene rings is 1. The summed E-state index contributed by atoms with van der Waals surface area (Å²) in [5, 5.41) is 4.97. The summed E-state index contributed by atoms with van der Waals surface area (Å²) in [5.41, 5.74) is 2.95. The number of carbonyl (C=O) groups excluding carboxylic acids is 1. The Morgan fingerprint density at radius 2 is 2.00 bits per heavy atom. The van der Waals surface area contributed by atoms with Crippen LogP contribution in [-0.4, -0.2) is 33.7 Å². The summed E-state index contributed by atoms with van der Waals surface area (Å²) >= 11 is 0. The average molecular weight is 383 g/mol. The van der Waals surface area contributed by atoms with E-state index in [-0.39, 0.29) is 12.0 Å². The molecule has 0 bridgehead atoms. The molecule has 0 unspecified atom stereocenters. The van der Waals surface area contributed by atoms with Gasteiger partial charge in [-0.3, -0.25) is 9.48 Å². The van der Waals surface area contributed by atoms with E-state index < -0.39 is 5.63 Å². The van der Waals surface area contributed by atoms with Crippen molar-refractivity contribution in [2.24, 2.45) is 7.05 Å². The van der Waals surface area contributed by atoms with Gasteiger partial charge in [0.1, 0.15) is 11.3 Å². The first kappa shape index (κ1) is 19.7. The van der Waals surface area contributed by atoms with E-state index in [2.05, 4.69) is 5.10 Å². The second-order valence-corrected chi connectivity index (χ2v) is 7.24. The maximum atomic E-state index is 13.1. The topological polar surface area (TPSA) is 77.6 Å². The normalized spacial score (nSPS) is 11.2. The van der Waals surface area contributed by atoms with Gasteiger partial charge in [0.15, 0.2) is 0 Å². The third-order valence-corrected chi connectivity index (χ3v) is 4.72. The van der Waals surface area contributed by atoms with E-state index in [1.807, 2.05) is 34.7 Å². The Morgan fingerprint density at radius 1 is 1.29 bits per heavy atom. The fraction of sp³-hybridized carbons (Fsp3) is 0.381. The Hall–Kier alpha value is -3.09. The van der Waals surface area contributed by atoms with Crippen LogP contribution in [0.3, 0.4) is 0 Å². The molecular weight excluding hydrogens is 358 g/mol. The number of aryl methyl sites for hydroxylation is 2. The molecule has 2 heterocycles. The first-order valence-electron chi connectivity index (χ1n) is 9.16. The van der Waals surface area contributed by atoms with E-state index in [0.717, 1.165) is 17.0 Å². The number of rotatable bonds is 5. The van der Waals surface area contributed by atoms with Gasteiger partial charge in [-0.2, -0.15) is 5.10 Å². The Kier molecular flexibility index (Phi) is 5.27. The van der Waals surface area contributed by atoms with Gasteiger partial charge in [-0.05, 0) is 39.8 Å². The number of nitrogens with zero attached hydrogens (tertiary/aromatic N) is 3. The second kappa shape index (κ2) is 7.50. The van der Waals surface area contributed by atoms with E-state index in [1.165, 1.54) is 6.07 Å². The Labute approximate surface area is 163 Å². The van der Waals surface area contributed by atoms with Crippen LogP contribution in [0.1, 0.15) is 41.2 Å². The zero-order valence-corrected chi connectivity index (χ0v) is 17.1. The molecule has 0 saturated carbocycles. The molecule has 3 aromatic rings. The molecule has 0 N–H and O–H groups in total. The van der Waals surface area contributed by atoms with Crippen molar-refractivity contribution in [2.45, 2.75) is 40.3 Å². The summed E-state index contributed by atoms with van der Waals surface area (Å²) in [6.07, 6.45) is -0.00826. The first-order chi connectivity index (χ1) is 13.2. The SMILES string of the molecule is Cc1nn(C)c(C)c1CN(C)C(=O)c1cc(=O)oc2cc(OC(C)C)ccc12. The number of amides is 1. The van der Waals surface area contributed by atoms with Crippen LogP contribution in [0.25, 0.3) is 11.0 Å². The maximum Gasteiger partial charge on any atom is 0.337 e. The number of ether oxygens (including phenoxy) is 1. The summed E-state index contributed by atoms with van der Waals surface area (Å²) in [4.78, 5) is 26.7. The Bertz CT molecular complexity index is 1090. The summed E-state index contributed by atoms with van der Waals surface area (Å²) in [6, 6.07) is 6.40. The van der Waals surface area contributed by atoms with Crippen LogP contribution >= 0.6 is 0 Å². The fourth-order valence-electron chi connectivity index (χ4n) is 3.23. The lowest BCUT2D eigenvalue weighted by Crippen LogP contribution is -2.27. The van der Waals surface area contributed by atoms with Gasteiger partial charge in [0.25, 0.3) is 5.91 Å². The zero-order valence-electron chi connectivity index (χ0n) is 17.1. The lowest BCUT2D eigenvalue weighted by atomic mass is 10.1. The van der Waals surface area contributed by atoms with Gasteiger partial charge in [0, 0.05) is 49.4 Å². The van der Waals surface area contributed by atoms with Crippen molar-refractivity contribution >= 4 is 16.9 Å². The minimum atomic E-state index is -0.570. The van der Waals surface area contributed by atoms with Gasteiger partial charge in [0.05, 0.1) is 17.4 Å². The van der Waals surface area contributed by atoms with E-state index in [9.17, 15) is 9.59 Å². The molecule has 3 rings (SSSR count). The minimum absolute atomic E-state index is 0.00826. The molecule has 0 radical (unpaired) electrons. The third kappa shape index (κ3) is 3.78. The standard InChI is InChI=1S/C21H25N3O4/c1-12(2)27-15-7-8-16-17(10-20(25)28-19(16)9-15)21(26)23(5)11-18-13(3)22-24(6)14(18)4/h7-10,12H,11H2,1-6H3. The number of aromatic nitrogens is 2. The molecule has 0 saturated heterocycles. The summed E-state index contributed by atoms with van der Waals surface area (Å²) in [7, 11) is 3.59. The van der Waals surface area contributed by atoms with Gasteiger partial charge in [0.2, 0.25) is 0 Å². The molecule has 148 valence electrons. The molecule has 28 heavy (non-hydrogen) atoms. The van der Waals surface area contributed by atoms with Gasteiger partial charge in [-0.25, -0.2) is 4.79 Å². The molecule has 1 amide bonds. The highest BCUT2D eigenvalue weighted by atomic mass is 16.5. The van der Waals surface area contributed by atoms with Crippen molar-refractivity contribution in [3.8, 4) is 5.75 Å². The number of fused-ring (bicyclic) bond motifs is 1. The van der Waals surface area contributed by atoms with Crippen LogP contribution in [-0.2, 0) is 13.6 Å². The van der Waals surface area contributed by atoms with Gasteiger partial charge in [-0.15, -0.1) is 0 Å². The van der Waals surface area contributed by atoms with Crippen LogP contribution in [0.5, 0.6) is 5.75 Å². The lowest BCUT2D eigenvalue weighted by Gasteiger charge is -2.18. The first-order valence-corrected chi connectivity index (χ1v) is 9.16. The molecule has 0 spiro atoms. The van der Waals surface area contributed by atoms with Crippen LogP contribution in [0, 0.1) is 13.8 Å². The van der Waals surface area contributed by atoms with E-state index in [0.29, 0.717) is 28.8 Å². The molecule has 0 atom stereocenters. The average Bonchev–Trinajstić information content (AvgIpc) is 2.85. The van der Waals surface area contributed by atoms with Crippen LogP contribution < -0.4 is 10.4 Å². The predicted octanol–water partition coefficient (Wildman–Crippen LogP) is 3.20. The molecule has 0 aliphatic carbocycles. The minimum Gasteiger partial charge on any atom is -0.491 e. The largest absolute Gasteiger partial charge is 0.491 e. The molecule has 7 nitrogen and oxygen atoms in total. The molecular formula is C21H25N3O4. The van der Waals surface area contributed by atoms with Crippen LogP contribution in [0.15, 0.2) is 33.5 Å². The highest BCUT2D eigenvalue weighted by Gasteiger charge is 2.20. The van der Waals surface area contributed by atoms with Crippen molar-refractivity contribution in [2.75, 3.05) is 7.05 Å². The molecule has 0 aliphatic heterocycles. The maximum absolute atomic E-state index is 13.1. The molecule has 1 aromatic carbocycles. The van der Waals surface area contributed by atoms with Crippen molar-refractivity contribution in [3.05, 3.63) is 57.2 Å². The molecule has 0 fully saturated rings. The molecule has 2 aromatic heterocycles. The molecule has 0 aliphatic rings. The summed E-state index contributed by atoms with van der Waals surface area (Å²) in [5.74, 6) is 0.336. The highest BCUT2D eigenvalue weighted by Crippen LogP contribution is 2.25. The van der Waals surface area contributed by atoms with Crippen LogP contribution in [0.4, 0.5) is 0 Å². The van der Waals surface area contributed by atoms with Crippen LogP contribution in [0.2, 0.25) is 0 Å². The lowest BCUT2D eigenvalue weighted by molar-refractivity contribution is 0.0786. The molecule has 7 heteroatoms.